The van der Waals surface area contributed by atoms with Gasteiger partial charge in [0.1, 0.15) is 26.9 Å². The molecule has 0 aliphatic rings. The van der Waals surface area contributed by atoms with Crippen LogP contribution in [0.2, 0.25) is 5.28 Å². The van der Waals surface area contributed by atoms with E-state index in [0.29, 0.717) is 6.07 Å². The van der Waals surface area contributed by atoms with Crippen LogP contribution in [-0.2, 0) is 44.7 Å². The van der Waals surface area contributed by atoms with Crippen LogP contribution in [0.25, 0.3) is 5.95 Å². The fourth-order valence-corrected chi connectivity index (χ4v) is 7.51. The SMILES string of the molecule is NC(=O)c1cc[n+](-c2nc(Cl)nc(Nc3ccc(S(=O)(=O)O)c(N=Nc4cc(S(=O)(=O)O)c(N)c(N=Nc5ccc(S(=O)(=O)CCOS(=O)(=O)O)cc5)c4N)c3)n2)cc1. The Bertz CT molecular complexity index is 2990. The van der Waals surface area contributed by atoms with E-state index in [1.165, 1.54) is 35.2 Å². The topological polar surface area (TPSA) is 406 Å². The molecule has 5 rings (SSSR count). The quantitative estimate of drug-likeness (QED) is 0.0343. The second-order valence-electron chi connectivity index (χ2n) is 11.4. The Morgan fingerprint density at radius 1 is 0.763 bits per heavy atom. The monoisotopic (exact) mass is 913 g/mol. The number of nitrogen functional groups attached to an aromatic ring is 2. The zero-order valence-electron chi connectivity index (χ0n) is 29.1. The zero-order chi connectivity index (χ0) is 43.5. The van der Waals surface area contributed by atoms with E-state index in [9.17, 15) is 47.6 Å². The lowest BCUT2D eigenvalue weighted by Gasteiger charge is -2.11. The summed E-state index contributed by atoms with van der Waals surface area (Å²) in [4.78, 5) is 21.6. The molecule has 1 amide bonds. The molecule has 0 aliphatic carbocycles. The van der Waals surface area contributed by atoms with Crippen molar-refractivity contribution < 1.29 is 60.9 Å². The van der Waals surface area contributed by atoms with Crippen molar-refractivity contribution in [2.75, 3.05) is 29.1 Å². The molecule has 10 N–H and O–H groups in total. The fraction of sp³-hybridized carbons (Fsp3) is 0.0690. The van der Waals surface area contributed by atoms with Gasteiger partial charge in [-0.1, -0.05) is 0 Å². The van der Waals surface area contributed by atoms with Crippen LogP contribution in [0.3, 0.4) is 0 Å². The summed E-state index contributed by atoms with van der Waals surface area (Å²) in [7, 11) is -19.1. The Morgan fingerprint density at radius 2 is 1.39 bits per heavy atom. The van der Waals surface area contributed by atoms with Crippen molar-refractivity contribution in [3.05, 3.63) is 83.9 Å². The van der Waals surface area contributed by atoms with Gasteiger partial charge < -0.3 is 22.5 Å². The van der Waals surface area contributed by atoms with Gasteiger partial charge in [-0.3, -0.25) is 18.5 Å². The zero-order valence-corrected chi connectivity index (χ0v) is 33.1. The van der Waals surface area contributed by atoms with Crippen molar-refractivity contribution in [2.24, 2.45) is 26.2 Å². The molecule has 0 unspecified atom stereocenters. The highest BCUT2D eigenvalue weighted by atomic mass is 35.5. The van der Waals surface area contributed by atoms with E-state index in [-0.39, 0.29) is 39.0 Å². The van der Waals surface area contributed by atoms with E-state index in [4.69, 9.17) is 33.4 Å². The number of nitrogens with two attached hydrogens (primary N) is 3. The third-order valence-electron chi connectivity index (χ3n) is 7.34. The Labute approximate surface area is 338 Å². The van der Waals surface area contributed by atoms with Crippen LogP contribution >= 0.6 is 11.6 Å². The molecule has 310 valence electrons. The number of sulfone groups is 1. The van der Waals surface area contributed by atoms with Crippen molar-refractivity contribution in [1.29, 1.82) is 0 Å². The van der Waals surface area contributed by atoms with Gasteiger partial charge in [0.2, 0.25) is 5.91 Å². The molecule has 0 spiro atoms. The van der Waals surface area contributed by atoms with Gasteiger partial charge in [0, 0.05) is 11.3 Å². The van der Waals surface area contributed by atoms with Crippen molar-refractivity contribution in [3.63, 3.8) is 0 Å². The Kier molecular flexibility index (Phi) is 12.6. The Balaban J connectivity index is 1.48. The van der Waals surface area contributed by atoms with Gasteiger partial charge in [0.25, 0.3) is 20.2 Å². The summed E-state index contributed by atoms with van der Waals surface area (Å²) in [6.07, 6.45) is 2.84. The number of nitrogens with one attached hydrogen (secondary N) is 1. The van der Waals surface area contributed by atoms with Gasteiger partial charge in [-0.15, -0.1) is 15.3 Å². The first kappa shape index (κ1) is 43.9. The highest BCUT2D eigenvalue weighted by molar-refractivity contribution is 7.91. The molecule has 5 aromatic rings. The number of halogens is 1. The van der Waals surface area contributed by atoms with E-state index in [1.54, 1.807) is 0 Å². The average molecular weight is 914 g/mol. The third kappa shape index (κ3) is 11.3. The molecule has 2 heterocycles. The number of hydrogen-bond acceptors (Lipinski definition) is 20. The summed E-state index contributed by atoms with van der Waals surface area (Å²) in [6, 6.07) is 11.1. The number of aromatic nitrogens is 4. The highest BCUT2D eigenvalue weighted by Gasteiger charge is 2.24. The Hall–Kier alpha value is -6.18. The summed E-state index contributed by atoms with van der Waals surface area (Å²) in [5.74, 6) is -1.69. The molecular formula is C29H26ClN12O13S4+. The largest absolute Gasteiger partial charge is 0.444 e. The van der Waals surface area contributed by atoms with Crippen molar-refractivity contribution in [3.8, 4) is 5.95 Å². The molecule has 0 bridgehead atoms. The molecule has 25 nitrogen and oxygen atoms in total. The van der Waals surface area contributed by atoms with Crippen molar-refractivity contribution >= 4 is 104 Å². The summed E-state index contributed by atoms with van der Waals surface area (Å²) < 4.78 is 129. The molecule has 0 fully saturated rings. The molecule has 59 heavy (non-hydrogen) atoms. The van der Waals surface area contributed by atoms with Crippen LogP contribution in [0, 0.1) is 0 Å². The van der Waals surface area contributed by atoms with Gasteiger partial charge >= 0.3 is 27.6 Å². The molecule has 0 atom stereocenters. The molecule has 0 saturated heterocycles. The predicted molar refractivity (Wildman–Crippen MR) is 204 cm³/mol. The standard InChI is InChI=1S/C29H25ClN12O13S4/c30-27-35-28(37-29(36-27)42-9-7-15(8-10-42)26(33)43)34-17-3-6-21(57(46,47)48)19(13-17)39-40-20-14-22(58(49,50)51)24(32)25(23(20)31)41-38-16-1-4-18(5-2-16)56(44,45)12-11-55-59(52,53)54/h1-10,13-14H,11-12H2,(H9-,31,32,33,34,35,36,37,38,39,43,46,47,48,49,50,51,52,53,54)/p+1. The lowest BCUT2D eigenvalue weighted by atomic mass is 10.2. The molecule has 2 aromatic heterocycles. The van der Waals surface area contributed by atoms with E-state index in [2.05, 4.69) is 44.9 Å². The molecule has 0 aliphatic heterocycles. The summed E-state index contributed by atoms with van der Waals surface area (Å²) in [5, 5.41) is 17.8. The number of primary amides is 1. The number of anilines is 4. The predicted octanol–water partition coefficient (Wildman–Crippen LogP) is 2.73. The number of nitrogens with zero attached hydrogens (tertiary/aromatic N) is 8. The van der Waals surface area contributed by atoms with Gasteiger partial charge in [-0.2, -0.15) is 35.4 Å². The molecule has 0 radical (unpaired) electrons. The normalized spacial score (nSPS) is 12.6. The number of amides is 1. The maximum Gasteiger partial charge on any atom is 0.444 e. The van der Waals surface area contributed by atoms with Crippen LogP contribution in [-0.4, -0.2) is 80.5 Å². The number of azo groups is 2. The molecule has 3 aromatic carbocycles. The molecule has 30 heteroatoms. The molecular weight excluding hydrogens is 888 g/mol. The van der Waals surface area contributed by atoms with E-state index >= 15 is 0 Å². The number of benzene rings is 3. The van der Waals surface area contributed by atoms with Crippen LogP contribution < -0.4 is 27.1 Å². The van der Waals surface area contributed by atoms with Crippen LogP contribution in [0.1, 0.15) is 10.4 Å². The number of rotatable bonds is 15. The maximum atomic E-state index is 12.5. The summed E-state index contributed by atoms with van der Waals surface area (Å²) in [5.41, 5.74) is 14.7. The second-order valence-corrected chi connectivity index (χ2v) is 17.7. The average Bonchev–Trinajstić information content (AvgIpc) is 3.13. The first-order chi connectivity index (χ1) is 27.4. The smallest absolute Gasteiger partial charge is 0.396 e. The number of carbonyl (C=O) groups is 1. The first-order valence-electron chi connectivity index (χ1n) is 15.5. The van der Waals surface area contributed by atoms with Crippen molar-refractivity contribution in [1.82, 2.24) is 15.0 Å². The minimum atomic E-state index is -5.12. The third-order valence-corrected chi connectivity index (χ3v) is 11.5. The van der Waals surface area contributed by atoms with E-state index in [0.717, 1.165) is 36.4 Å². The van der Waals surface area contributed by atoms with Crippen LogP contribution in [0.5, 0.6) is 0 Å². The maximum absolute atomic E-state index is 12.5. The highest BCUT2D eigenvalue weighted by Crippen LogP contribution is 2.43. The minimum Gasteiger partial charge on any atom is -0.396 e. The van der Waals surface area contributed by atoms with Crippen molar-refractivity contribution in [2.45, 2.75) is 14.7 Å². The lowest BCUT2D eigenvalue weighted by Crippen LogP contribution is -2.33. The number of hydrogen-bond donors (Lipinski definition) is 7. The van der Waals surface area contributed by atoms with E-state index < -0.39 is 97.0 Å². The summed E-state index contributed by atoms with van der Waals surface area (Å²) in [6.45, 7) is -0.876. The van der Waals surface area contributed by atoms with Gasteiger partial charge in [0.15, 0.2) is 9.84 Å². The fourth-order valence-electron chi connectivity index (χ4n) is 4.62. The van der Waals surface area contributed by atoms with Crippen LogP contribution in [0.4, 0.5) is 45.8 Å². The van der Waals surface area contributed by atoms with Gasteiger partial charge in [0.05, 0.1) is 46.7 Å². The Morgan fingerprint density at radius 3 is 1.98 bits per heavy atom. The summed E-state index contributed by atoms with van der Waals surface area (Å²) >= 11 is 6.09. The molecule has 0 saturated carbocycles. The number of pyridine rings is 1. The number of carbonyl (C=O) groups excluding carboxylic acids is 1. The second kappa shape index (κ2) is 17.0. The van der Waals surface area contributed by atoms with Gasteiger partial charge in [-0.05, 0) is 82.2 Å². The van der Waals surface area contributed by atoms with E-state index in [1.807, 2.05) is 0 Å². The van der Waals surface area contributed by atoms with Crippen LogP contribution in [0.15, 0.2) is 108 Å². The first-order valence-corrected chi connectivity index (χ1v) is 21.8. The van der Waals surface area contributed by atoms with Gasteiger partial charge in [-0.25, -0.2) is 17.2 Å². The minimum absolute atomic E-state index is 0.0219. The lowest BCUT2D eigenvalue weighted by molar-refractivity contribution is -0.603.